The number of rotatable bonds is 13. The van der Waals surface area contributed by atoms with E-state index in [2.05, 4.69) is 38.3 Å². The number of aryl methyl sites for hydroxylation is 1. The number of nitrogens with zero attached hydrogens (tertiary/aromatic N) is 6. The third-order valence-corrected chi connectivity index (χ3v) is 14.9. The van der Waals surface area contributed by atoms with Crippen molar-refractivity contribution < 1.29 is 28.5 Å². The van der Waals surface area contributed by atoms with Crippen LogP contribution in [0, 0.1) is 0 Å². The molecule has 0 radical (unpaired) electrons. The summed E-state index contributed by atoms with van der Waals surface area (Å²) in [5.41, 5.74) is 6.33. The fraction of sp³-hybridized carbons (Fsp3) is 0.447. The maximum atomic E-state index is 13.3. The molecule has 5 heterocycles. The fourth-order valence-electron chi connectivity index (χ4n) is 9.56. The molecule has 4 aliphatic rings. The number of imide groups is 1. The Morgan fingerprint density at radius 2 is 1.66 bits per heavy atom. The average Bonchev–Trinajstić information content (AvgIpc) is 3.61. The molecular weight excluding hydrogens is 825 g/mol. The minimum atomic E-state index is -2.48. The predicted octanol–water partition coefficient (Wildman–Crippen LogP) is 5.47. The molecule has 62 heavy (non-hydrogen) atoms. The van der Waals surface area contributed by atoms with Gasteiger partial charge in [-0.25, -0.2) is 9.97 Å². The molecule has 4 aromatic rings. The highest BCUT2D eigenvalue weighted by atomic mass is 35.5. The van der Waals surface area contributed by atoms with Crippen molar-refractivity contribution in [1.82, 2.24) is 30.0 Å². The summed E-state index contributed by atoms with van der Waals surface area (Å²) >= 11 is 6.57. The average molecular weight is 880 g/mol. The lowest BCUT2D eigenvalue weighted by Crippen LogP contribution is -2.54. The minimum Gasteiger partial charge on any atom is -0.496 e. The summed E-state index contributed by atoms with van der Waals surface area (Å²) in [6.45, 7) is 8.93. The number of ether oxygens (including phenoxy) is 1. The Morgan fingerprint density at radius 1 is 0.903 bits per heavy atom. The molecule has 4 amide bonds. The van der Waals surface area contributed by atoms with E-state index in [-0.39, 0.29) is 24.1 Å². The third kappa shape index (κ3) is 9.60. The van der Waals surface area contributed by atoms with E-state index in [9.17, 15) is 23.7 Å². The number of amides is 4. The monoisotopic (exact) mass is 879 g/mol. The van der Waals surface area contributed by atoms with Gasteiger partial charge in [0.1, 0.15) is 24.8 Å². The van der Waals surface area contributed by atoms with E-state index in [0.717, 1.165) is 91.1 Å². The van der Waals surface area contributed by atoms with E-state index in [0.29, 0.717) is 73.2 Å². The summed E-state index contributed by atoms with van der Waals surface area (Å²) < 4.78 is 18.8. The Morgan fingerprint density at radius 3 is 2.40 bits per heavy atom. The first kappa shape index (κ1) is 43.5. The molecule has 1 N–H and O–H groups in total. The first-order valence-electron chi connectivity index (χ1n) is 21.7. The summed E-state index contributed by atoms with van der Waals surface area (Å²) in [5.74, 6) is 0.703. The van der Waals surface area contributed by atoms with Crippen LogP contribution in [0.5, 0.6) is 5.75 Å². The number of hydrogen-bond acceptors (Lipinski definition) is 10. The van der Waals surface area contributed by atoms with Crippen LogP contribution >= 0.6 is 18.7 Å². The zero-order valence-corrected chi connectivity index (χ0v) is 37.4. The number of halogens is 1. The molecule has 1 atom stereocenters. The summed E-state index contributed by atoms with van der Waals surface area (Å²) in [6.07, 6.45) is 7.04. The number of piperidine rings is 2. The van der Waals surface area contributed by atoms with Crippen LogP contribution in [0.2, 0.25) is 5.02 Å². The summed E-state index contributed by atoms with van der Waals surface area (Å²) in [6, 6.07) is 19.6. The molecule has 3 fully saturated rings. The molecule has 13 nitrogen and oxygen atoms in total. The summed E-state index contributed by atoms with van der Waals surface area (Å²) in [7, 11) is -0.789. The van der Waals surface area contributed by atoms with Gasteiger partial charge in [0.05, 0.1) is 17.8 Å². The Labute approximate surface area is 368 Å². The number of nitrogens with one attached hydrogen (secondary N) is 1. The van der Waals surface area contributed by atoms with E-state index in [1.54, 1.807) is 37.6 Å². The smallest absolute Gasteiger partial charge is 0.255 e. The Balaban J connectivity index is 0.794. The Kier molecular flexibility index (Phi) is 13.1. The number of fused-ring (bicyclic) bond motifs is 1. The number of methoxy groups -OCH3 is 1. The second kappa shape index (κ2) is 18.7. The largest absolute Gasteiger partial charge is 0.496 e. The van der Waals surface area contributed by atoms with E-state index < -0.39 is 19.1 Å². The first-order chi connectivity index (χ1) is 29.9. The molecule has 1 aromatic heterocycles. The fourth-order valence-corrected chi connectivity index (χ4v) is 11.0. The van der Waals surface area contributed by atoms with Crippen LogP contribution in [0.15, 0.2) is 66.9 Å². The van der Waals surface area contributed by atoms with Crippen molar-refractivity contribution >= 4 is 53.4 Å². The lowest BCUT2D eigenvalue weighted by Gasteiger charge is -2.43. The zero-order chi connectivity index (χ0) is 43.5. The van der Waals surface area contributed by atoms with Gasteiger partial charge in [0.25, 0.3) is 5.91 Å². The lowest BCUT2D eigenvalue weighted by molar-refractivity contribution is -0.137. The number of carbonyl (C=O) groups excluding carboxylic acids is 4. The molecule has 0 saturated carbocycles. The highest BCUT2D eigenvalue weighted by Crippen LogP contribution is 2.37. The van der Waals surface area contributed by atoms with Crippen LogP contribution in [0.4, 0.5) is 5.69 Å². The molecule has 4 aliphatic heterocycles. The van der Waals surface area contributed by atoms with Crippen molar-refractivity contribution in [3.63, 3.8) is 0 Å². The van der Waals surface area contributed by atoms with Gasteiger partial charge in [0.15, 0.2) is 0 Å². The van der Waals surface area contributed by atoms with Gasteiger partial charge in [0, 0.05) is 112 Å². The predicted molar refractivity (Wildman–Crippen MR) is 240 cm³/mol. The van der Waals surface area contributed by atoms with E-state index >= 15 is 0 Å². The number of hydrogen-bond donors (Lipinski definition) is 1. The molecule has 8 rings (SSSR count). The van der Waals surface area contributed by atoms with Crippen LogP contribution in [-0.4, -0.2) is 120 Å². The molecule has 326 valence electrons. The van der Waals surface area contributed by atoms with E-state index in [4.69, 9.17) is 21.3 Å². The van der Waals surface area contributed by atoms with Gasteiger partial charge >= 0.3 is 0 Å². The Hall–Kier alpha value is -5.10. The van der Waals surface area contributed by atoms with Gasteiger partial charge in [-0.15, -0.1) is 0 Å². The molecule has 0 aliphatic carbocycles. The molecule has 0 bridgehead atoms. The molecule has 3 aromatic carbocycles. The summed E-state index contributed by atoms with van der Waals surface area (Å²) in [4.78, 5) is 68.6. The zero-order valence-electron chi connectivity index (χ0n) is 35.8. The van der Waals surface area contributed by atoms with Crippen molar-refractivity contribution in [2.75, 3.05) is 64.6 Å². The van der Waals surface area contributed by atoms with Gasteiger partial charge in [0.2, 0.25) is 17.7 Å². The molecule has 15 heteroatoms. The van der Waals surface area contributed by atoms with Crippen LogP contribution in [0.3, 0.4) is 0 Å². The number of benzene rings is 3. The maximum absolute atomic E-state index is 13.3. The lowest BCUT2D eigenvalue weighted by atomic mass is 9.98. The number of carbonyl (C=O) groups is 4. The van der Waals surface area contributed by atoms with E-state index in [1.807, 2.05) is 41.3 Å². The number of anilines is 1. The van der Waals surface area contributed by atoms with Crippen LogP contribution in [0.1, 0.15) is 82.7 Å². The standard InChI is InChI=1S/C47H55ClN7O6P/c1-61-41-28-35(15-14-32(41)27-43-49-29-38(48)39(50-43)26-33-8-4-5-12-42(33)62(2,3)60)52-20-18-34(19-21-52)53-22-24-54(25-23-53)45(57)13-7-10-31-9-6-11-36-37(31)30-55(47(36)59)40-16-17-44(56)51-46(40)58/h4-6,8-9,11-12,14-15,28-29,34,40H,7,10,13,16-27,30H2,1-3H3,(H,51,56,58). The normalized spacial score (nSPS) is 18.9. The van der Waals surface area contributed by atoms with Crippen LogP contribution in [-0.2, 0) is 44.8 Å². The second-order valence-electron chi connectivity index (χ2n) is 17.2. The number of piperazine rings is 1. The molecular formula is C47H55ClN7O6P. The highest BCUT2D eigenvalue weighted by molar-refractivity contribution is 7.70. The van der Waals surface area contributed by atoms with Crippen molar-refractivity contribution in [2.24, 2.45) is 0 Å². The first-order valence-corrected chi connectivity index (χ1v) is 24.7. The van der Waals surface area contributed by atoms with Crippen LogP contribution in [0.25, 0.3) is 0 Å². The van der Waals surface area contributed by atoms with Crippen molar-refractivity contribution in [2.45, 2.75) is 76.4 Å². The van der Waals surface area contributed by atoms with Gasteiger partial charge < -0.3 is 24.0 Å². The molecule has 3 saturated heterocycles. The van der Waals surface area contributed by atoms with Gasteiger partial charge in [-0.3, -0.25) is 29.4 Å². The van der Waals surface area contributed by atoms with Crippen molar-refractivity contribution in [3.8, 4) is 5.75 Å². The van der Waals surface area contributed by atoms with Crippen molar-refractivity contribution in [3.05, 3.63) is 111 Å². The Bertz CT molecular complexity index is 2410. The minimum absolute atomic E-state index is 0.167. The van der Waals surface area contributed by atoms with Crippen molar-refractivity contribution in [1.29, 1.82) is 0 Å². The second-order valence-corrected chi connectivity index (χ2v) is 20.8. The number of aromatic nitrogens is 2. The van der Waals surface area contributed by atoms with Gasteiger partial charge in [-0.2, -0.15) is 0 Å². The third-order valence-electron chi connectivity index (χ3n) is 12.9. The van der Waals surface area contributed by atoms with Crippen LogP contribution < -0.4 is 20.3 Å². The summed E-state index contributed by atoms with van der Waals surface area (Å²) in [5, 5.41) is 3.69. The van der Waals surface area contributed by atoms with Gasteiger partial charge in [-0.1, -0.05) is 54.1 Å². The molecule has 0 spiro atoms. The highest BCUT2D eigenvalue weighted by Gasteiger charge is 2.40. The topological polar surface area (TPSA) is 145 Å². The molecule has 1 unspecified atom stereocenters. The van der Waals surface area contributed by atoms with Gasteiger partial charge in [-0.05, 0) is 74.3 Å². The quantitative estimate of drug-likeness (QED) is 0.136. The maximum Gasteiger partial charge on any atom is 0.255 e. The van der Waals surface area contributed by atoms with E-state index in [1.165, 1.54) is 0 Å². The SMILES string of the molecule is COc1cc(N2CCC(N3CCN(C(=O)CCCc4cccc5c4CN(C4CCC(=O)NC4=O)C5=O)CC3)CC2)ccc1Cc1ncc(Cl)c(Cc2ccccc2P(C)(C)=O)n1.